The molecule has 0 aromatic carbocycles. The zero-order valence-corrected chi connectivity index (χ0v) is 7.25. The van der Waals surface area contributed by atoms with Gasteiger partial charge in [0, 0.05) is 13.0 Å². The van der Waals surface area contributed by atoms with Crippen molar-refractivity contribution in [2.24, 2.45) is 11.7 Å². The lowest BCUT2D eigenvalue weighted by molar-refractivity contribution is -0.0674. The largest absolute Gasteiger partial charge is 0.350 e. The summed E-state index contributed by atoms with van der Waals surface area (Å²) >= 11 is 0. The van der Waals surface area contributed by atoms with Gasteiger partial charge in [0.15, 0.2) is 6.29 Å². The third kappa shape index (κ3) is 2.77. The Morgan fingerprint density at radius 1 is 1.55 bits per heavy atom. The van der Waals surface area contributed by atoms with Crippen LogP contribution in [0.25, 0.3) is 0 Å². The van der Waals surface area contributed by atoms with Crippen molar-refractivity contribution in [3.63, 3.8) is 0 Å². The highest BCUT2D eigenvalue weighted by atomic mass is 16.7. The molecule has 2 N–H and O–H groups in total. The maximum absolute atomic E-state index is 5.47. The van der Waals surface area contributed by atoms with Crippen molar-refractivity contribution in [1.82, 2.24) is 0 Å². The summed E-state index contributed by atoms with van der Waals surface area (Å²) in [6.07, 6.45) is 1.08. The number of hydrogen-bond donors (Lipinski definition) is 1. The minimum Gasteiger partial charge on any atom is -0.350 e. The highest BCUT2D eigenvalue weighted by Crippen LogP contribution is 2.17. The van der Waals surface area contributed by atoms with E-state index in [9.17, 15) is 0 Å². The number of rotatable bonds is 3. The normalized spacial score (nSPS) is 31.6. The Labute approximate surface area is 67.9 Å². The summed E-state index contributed by atoms with van der Waals surface area (Å²) in [5, 5.41) is 0. The van der Waals surface area contributed by atoms with E-state index >= 15 is 0 Å². The van der Waals surface area contributed by atoms with E-state index in [0.29, 0.717) is 19.1 Å². The second kappa shape index (κ2) is 4.04. The lowest BCUT2D eigenvalue weighted by Crippen LogP contribution is -2.23. The van der Waals surface area contributed by atoms with Crippen LogP contribution >= 0.6 is 0 Å². The van der Waals surface area contributed by atoms with Crippen LogP contribution in [0.2, 0.25) is 0 Å². The van der Waals surface area contributed by atoms with Gasteiger partial charge in [0.25, 0.3) is 0 Å². The van der Waals surface area contributed by atoms with Crippen molar-refractivity contribution in [2.45, 2.75) is 32.7 Å². The van der Waals surface area contributed by atoms with Crippen molar-refractivity contribution in [2.75, 3.05) is 13.2 Å². The van der Waals surface area contributed by atoms with Crippen molar-refractivity contribution in [3.05, 3.63) is 0 Å². The Balaban J connectivity index is 2.19. The van der Waals surface area contributed by atoms with Gasteiger partial charge in [-0.1, -0.05) is 13.8 Å². The second-order valence-corrected chi connectivity index (χ2v) is 3.39. The van der Waals surface area contributed by atoms with E-state index in [4.69, 9.17) is 15.2 Å². The highest BCUT2D eigenvalue weighted by Gasteiger charge is 2.24. The van der Waals surface area contributed by atoms with E-state index in [2.05, 4.69) is 13.8 Å². The molecular formula is C8H17NO2. The summed E-state index contributed by atoms with van der Waals surface area (Å²) in [4.78, 5) is 0. The summed E-state index contributed by atoms with van der Waals surface area (Å²) in [6.45, 7) is 5.54. The monoisotopic (exact) mass is 159 g/mol. The molecule has 2 unspecified atom stereocenters. The van der Waals surface area contributed by atoms with Gasteiger partial charge in [0.05, 0.1) is 12.7 Å². The fraction of sp³-hybridized carbons (Fsp3) is 1.00. The lowest BCUT2D eigenvalue weighted by atomic mass is 10.1. The van der Waals surface area contributed by atoms with Gasteiger partial charge in [-0.2, -0.15) is 0 Å². The Morgan fingerprint density at radius 3 is 2.73 bits per heavy atom. The van der Waals surface area contributed by atoms with Crippen molar-refractivity contribution in [1.29, 1.82) is 0 Å². The molecule has 1 fully saturated rings. The van der Waals surface area contributed by atoms with Gasteiger partial charge in [-0.15, -0.1) is 0 Å². The summed E-state index contributed by atoms with van der Waals surface area (Å²) in [5.74, 6) is 0.622. The van der Waals surface area contributed by atoms with Crippen LogP contribution in [0.5, 0.6) is 0 Å². The molecule has 11 heavy (non-hydrogen) atoms. The maximum Gasteiger partial charge on any atom is 0.158 e. The first kappa shape index (κ1) is 8.97. The van der Waals surface area contributed by atoms with Crippen LogP contribution < -0.4 is 5.73 Å². The zero-order chi connectivity index (χ0) is 8.27. The Morgan fingerprint density at radius 2 is 2.27 bits per heavy atom. The summed E-state index contributed by atoms with van der Waals surface area (Å²) in [5.41, 5.74) is 5.42. The maximum atomic E-state index is 5.47. The molecule has 1 aliphatic rings. The number of nitrogens with two attached hydrogens (primary N) is 1. The fourth-order valence-electron chi connectivity index (χ4n) is 1.14. The van der Waals surface area contributed by atoms with Crippen LogP contribution in [0.15, 0.2) is 0 Å². The van der Waals surface area contributed by atoms with Gasteiger partial charge in [0.2, 0.25) is 0 Å². The quantitative estimate of drug-likeness (QED) is 0.660. The molecule has 0 spiro atoms. The molecule has 3 nitrogen and oxygen atoms in total. The molecule has 3 heteroatoms. The molecule has 1 saturated heterocycles. The van der Waals surface area contributed by atoms with Crippen LogP contribution in [0.1, 0.15) is 20.3 Å². The lowest BCUT2D eigenvalue weighted by Gasteiger charge is -2.11. The third-order valence-electron chi connectivity index (χ3n) is 1.74. The van der Waals surface area contributed by atoms with E-state index < -0.39 is 0 Å². The van der Waals surface area contributed by atoms with Gasteiger partial charge in [-0.25, -0.2) is 0 Å². The molecule has 0 aliphatic carbocycles. The minimum atomic E-state index is -0.0106. The van der Waals surface area contributed by atoms with Gasteiger partial charge in [0.1, 0.15) is 0 Å². The minimum absolute atomic E-state index is 0.0106. The molecule has 0 amide bonds. The predicted molar refractivity (Wildman–Crippen MR) is 43.1 cm³/mol. The zero-order valence-electron chi connectivity index (χ0n) is 7.25. The number of hydrogen-bond acceptors (Lipinski definition) is 3. The molecule has 0 aromatic rings. The van der Waals surface area contributed by atoms with E-state index in [0.717, 1.165) is 6.42 Å². The molecule has 66 valence electrons. The second-order valence-electron chi connectivity index (χ2n) is 3.39. The van der Waals surface area contributed by atoms with Crippen LogP contribution in [-0.2, 0) is 9.47 Å². The summed E-state index contributed by atoms with van der Waals surface area (Å²) in [6, 6.07) is 0. The molecule has 2 atom stereocenters. The number of ether oxygens (including phenoxy) is 2. The molecule has 0 radical (unpaired) electrons. The van der Waals surface area contributed by atoms with Gasteiger partial charge < -0.3 is 15.2 Å². The predicted octanol–water partition coefficient (Wildman–Crippen LogP) is 0.733. The average Bonchev–Trinajstić information content (AvgIpc) is 2.34. The van der Waals surface area contributed by atoms with Gasteiger partial charge in [-0.05, 0) is 5.92 Å². The molecular weight excluding hydrogens is 142 g/mol. The Hall–Kier alpha value is -0.120. The summed E-state index contributed by atoms with van der Waals surface area (Å²) < 4.78 is 10.8. The fourth-order valence-corrected chi connectivity index (χ4v) is 1.14. The Bertz CT molecular complexity index is 117. The van der Waals surface area contributed by atoms with Crippen LogP contribution in [0.3, 0.4) is 0 Å². The van der Waals surface area contributed by atoms with Crippen molar-refractivity contribution >= 4 is 0 Å². The van der Waals surface area contributed by atoms with Gasteiger partial charge in [-0.3, -0.25) is 0 Å². The molecule has 0 aromatic heterocycles. The Kier molecular flexibility index (Phi) is 3.30. The van der Waals surface area contributed by atoms with E-state index in [1.165, 1.54) is 0 Å². The first-order valence-corrected chi connectivity index (χ1v) is 4.19. The standard InChI is InChI=1S/C8H17NO2/c1-6(2)3-8-10-5-7(4-9)11-8/h6-8H,3-5,9H2,1-2H3. The first-order valence-electron chi connectivity index (χ1n) is 4.19. The van der Waals surface area contributed by atoms with Crippen molar-refractivity contribution in [3.8, 4) is 0 Å². The van der Waals surface area contributed by atoms with Crippen molar-refractivity contribution < 1.29 is 9.47 Å². The van der Waals surface area contributed by atoms with Crippen LogP contribution in [0, 0.1) is 5.92 Å². The average molecular weight is 159 g/mol. The smallest absolute Gasteiger partial charge is 0.158 e. The van der Waals surface area contributed by atoms with E-state index in [1.54, 1.807) is 0 Å². The summed E-state index contributed by atoms with van der Waals surface area (Å²) in [7, 11) is 0. The molecule has 0 bridgehead atoms. The third-order valence-corrected chi connectivity index (χ3v) is 1.74. The SMILES string of the molecule is CC(C)CC1OCC(CN)O1. The molecule has 0 saturated carbocycles. The van der Waals surface area contributed by atoms with Crippen LogP contribution in [0.4, 0.5) is 0 Å². The molecule has 1 aliphatic heterocycles. The van der Waals surface area contributed by atoms with Crippen LogP contribution in [-0.4, -0.2) is 25.5 Å². The van der Waals surface area contributed by atoms with E-state index in [1.807, 2.05) is 0 Å². The molecule has 1 heterocycles. The van der Waals surface area contributed by atoms with E-state index in [-0.39, 0.29) is 12.4 Å². The highest BCUT2D eigenvalue weighted by molar-refractivity contribution is 4.66. The van der Waals surface area contributed by atoms with Gasteiger partial charge >= 0.3 is 0 Å². The molecule has 1 rings (SSSR count). The first-order chi connectivity index (χ1) is 5.22. The topological polar surface area (TPSA) is 44.5 Å².